The van der Waals surface area contributed by atoms with E-state index in [4.69, 9.17) is 4.42 Å². The van der Waals surface area contributed by atoms with E-state index in [0.29, 0.717) is 6.04 Å². The lowest BCUT2D eigenvalue weighted by Crippen LogP contribution is -2.28. The van der Waals surface area contributed by atoms with Gasteiger partial charge in [0.1, 0.15) is 5.76 Å². The van der Waals surface area contributed by atoms with Gasteiger partial charge in [-0.1, -0.05) is 20.3 Å². The van der Waals surface area contributed by atoms with E-state index in [-0.39, 0.29) is 0 Å². The van der Waals surface area contributed by atoms with Crippen molar-refractivity contribution in [1.82, 2.24) is 5.32 Å². The predicted octanol–water partition coefficient (Wildman–Crippen LogP) is 3.29. The SMILES string of the molecule is CCC(C)CNC1CCCc2occc21. The molecule has 84 valence electrons. The Hall–Kier alpha value is -0.760. The maximum Gasteiger partial charge on any atom is 0.108 e. The van der Waals surface area contributed by atoms with Crippen LogP contribution in [0.15, 0.2) is 16.7 Å². The molecule has 0 aliphatic heterocycles. The second-order valence-corrected chi connectivity index (χ2v) is 4.67. The highest BCUT2D eigenvalue weighted by Gasteiger charge is 2.22. The van der Waals surface area contributed by atoms with E-state index in [1.165, 1.54) is 30.6 Å². The zero-order valence-corrected chi connectivity index (χ0v) is 9.75. The Kier molecular flexibility index (Phi) is 3.47. The Balaban J connectivity index is 1.95. The third-order valence-electron chi connectivity index (χ3n) is 3.46. The monoisotopic (exact) mass is 207 g/mol. The molecular formula is C13H21NO. The number of aryl methyl sites for hydroxylation is 1. The van der Waals surface area contributed by atoms with Crippen molar-refractivity contribution in [3.05, 3.63) is 23.7 Å². The van der Waals surface area contributed by atoms with E-state index in [9.17, 15) is 0 Å². The normalized spacial score (nSPS) is 22.4. The molecule has 0 saturated heterocycles. The fourth-order valence-corrected chi connectivity index (χ4v) is 2.19. The van der Waals surface area contributed by atoms with Gasteiger partial charge in [-0.3, -0.25) is 0 Å². The van der Waals surface area contributed by atoms with Gasteiger partial charge in [0.15, 0.2) is 0 Å². The molecule has 0 saturated carbocycles. The maximum atomic E-state index is 5.48. The second kappa shape index (κ2) is 4.84. The molecule has 0 radical (unpaired) electrons. The lowest BCUT2D eigenvalue weighted by atomic mass is 9.93. The van der Waals surface area contributed by atoms with E-state index in [0.717, 1.165) is 18.9 Å². The Morgan fingerprint density at radius 3 is 3.27 bits per heavy atom. The molecular weight excluding hydrogens is 186 g/mol. The van der Waals surface area contributed by atoms with Crippen molar-refractivity contribution in [3.63, 3.8) is 0 Å². The van der Waals surface area contributed by atoms with E-state index < -0.39 is 0 Å². The highest BCUT2D eigenvalue weighted by molar-refractivity contribution is 5.23. The van der Waals surface area contributed by atoms with Crippen molar-refractivity contribution in [2.24, 2.45) is 5.92 Å². The molecule has 0 fully saturated rings. The quantitative estimate of drug-likeness (QED) is 0.819. The lowest BCUT2D eigenvalue weighted by molar-refractivity contribution is 0.385. The number of furan rings is 1. The summed E-state index contributed by atoms with van der Waals surface area (Å²) in [5.74, 6) is 1.96. The maximum absolute atomic E-state index is 5.48. The number of nitrogens with one attached hydrogen (secondary N) is 1. The van der Waals surface area contributed by atoms with Gasteiger partial charge in [-0.2, -0.15) is 0 Å². The van der Waals surface area contributed by atoms with Crippen molar-refractivity contribution in [2.45, 2.75) is 45.6 Å². The molecule has 0 aromatic carbocycles. The van der Waals surface area contributed by atoms with Crippen molar-refractivity contribution in [3.8, 4) is 0 Å². The third-order valence-corrected chi connectivity index (χ3v) is 3.46. The van der Waals surface area contributed by atoms with Gasteiger partial charge >= 0.3 is 0 Å². The fraction of sp³-hybridized carbons (Fsp3) is 0.692. The summed E-state index contributed by atoms with van der Waals surface area (Å²) < 4.78 is 5.48. The molecule has 2 heteroatoms. The third kappa shape index (κ3) is 2.43. The smallest absolute Gasteiger partial charge is 0.108 e. The van der Waals surface area contributed by atoms with Gasteiger partial charge in [0.25, 0.3) is 0 Å². The van der Waals surface area contributed by atoms with E-state index in [1.807, 2.05) is 6.26 Å². The summed E-state index contributed by atoms with van der Waals surface area (Å²) >= 11 is 0. The summed E-state index contributed by atoms with van der Waals surface area (Å²) in [6.45, 7) is 5.66. The standard InChI is InChI=1S/C13H21NO/c1-3-10(2)9-14-12-5-4-6-13-11(12)7-8-15-13/h7-8,10,12,14H,3-6,9H2,1-2H3. The van der Waals surface area contributed by atoms with Crippen LogP contribution in [0.1, 0.15) is 50.5 Å². The Morgan fingerprint density at radius 2 is 2.47 bits per heavy atom. The molecule has 2 atom stereocenters. The van der Waals surface area contributed by atoms with Gasteiger partial charge < -0.3 is 9.73 Å². The topological polar surface area (TPSA) is 25.2 Å². The van der Waals surface area contributed by atoms with Crippen LogP contribution in [0.4, 0.5) is 0 Å². The van der Waals surface area contributed by atoms with Crippen LogP contribution in [-0.4, -0.2) is 6.54 Å². The van der Waals surface area contributed by atoms with Gasteiger partial charge in [-0.05, 0) is 31.4 Å². The summed E-state index contributed by atoms with van der Waals surface area (Å²) in [7, 11) is 0. The first kappa shape index (κ1) is 10.7. The zero-order valence-electron chi connectivity index (χ0n) is 9.75. The largest absolute Gasteiger partial charge is 0.469 e. The second-order valence-electron chi connectivity index (χ2n) is 4.67. The van der Waals surface area contributed by atoms with Crippen LogP contribution in [0, 0.1) is 5.92 Å². The minimum absolute atomic E-state index is 0.529. The highest BCUT2D eigenvalue weighted by atomic mass is 16.3. The molecule has 0 amide bonds. The summed E-state index contributed by atoms with van der Waals surface area (Å²) in [6.07, 6.45) is 6.69. The van der Waals surface area contributed by atoms with Gasteiger partial charge in [-0.25, -0.2) is 0 Å². The molecule has 0 bridgehead atoms. The van der Waals surface area contributed by atoms with Gasteiger partial charge in [0.2, 0.25) is 0 Å². The molecule has 1 heterocycles. The first-order valence-electron chi connectivity index (χ1n) is 6.11. The fourth-order valence-electron chi connectivity index (χ4n) is 2.19. The zero-order chi connectivity index (χ0) is 10.7. The van der Waals surface area contributed by atoms with Crippen LogP contribution >= 0.6 is 0 Å². The van der Waals surface area contributed by atoms with Crippen LogP contribution in [-0.2, 0) is 6.42 Å². The predicted molar refractivity (Wildman–Crippen MR) is 61.8 cm³/mol. The minimum atomic E-state index is 0.529. The number of hydrogen-bond donors (Lipinski definition) is 1. The van der Waals surface area contributed by atoms with Crippen molar-refractivity contribution < 1.29 is 4.42 Å². The molecule has 2 nitrogen and oxygen atoms in total. The molecule has 1 aliphatic carbocycles. The first-order chi connectivity index (χ1) is 7.31. The first-order valence-corrected chi connectivity index (χ1v) is 6.11. The van der Waals surface area contributed by atoms with Gasteiger partial charge in [0, 0.05) is 18.0 Å². The van der Waals surface area contributed by atoms with Crippen molar-refractivity contribution >= 4 is 0 Å². The summed E-state index contributed by atoms with van der Waals surface area (Å²) in [6, 6.07) is 2.66. The molecule has 1 aromatic heterocycles. The molecule has 1 aliphatic rings. The molecule has 0 spiro atoms. The van der Waals surface area contributed by atoms with Gasteiger partial charge in [-0.15, -0.1) is 0 Å². The molecule has 2 unspecified atom stereocenters. The van der Waals surface area contributed by atoms with Gasteiger partial charge in [0.05, 0.1) is 6.26 Å². The highest BCUT2D eigenvalue weighted by Crippen LogP contribution is 2.30. The van der Waals surface area contributed by atoms with Crippen molar-refractivity contribution in [1.29, 1.82) is 0 Å². The average molecular weight is 207 g/mol. The molecule has 15 heavy (non-hydrogen) atoms. The lowest BCUT2D eigenvalue weighted by Gasteiger charge is -2.24. The van der Waals surface area contributed by atoms with E-state index in [2.05, 4.69) is 25.2 Å². The van der Waals surface area contributed by atoms with E-state index in [1.54, 1.807) is 0 Å². The summed E-state index contributed by atoms with van der Waals surface area (Å²) in [5.41, 5.74) is 1.39. The van der Waals surface area contributed by atoms with Crippen LogP contribution < -0.4 is 5.32 Å². The number of rotatable bonds is 4. The Bertz CT molecular complexity index is 305. The average Bonchev–Trinajstić information content (AvgIpc) is 2.74. The van der Waals surface area contributed by atoms with E-state index >= 15 is 0 Å². The molecule has 1 aromatic rings. The van der Waals surface area contributed by atoms with Crippen LogP contribution in [0.5, 0.6) is 0 Å². The number of hydrogen-bond acceptors (Lipinski definition) is 2. The Morgan fingerprint density at radius 1 is 1.60 bits per heavy atom. The van der Waals surface area contributed by atoms with Crippen molar-refractivity contribution in [2.75, 3.05) is 6.54 Å². The van der Waals surface area contributed by atoms with Crippen LogP contribution in [0.25, 0.3) is 0 Å². The van der Waals surface area contributed by atoms with Crippen LogP contribution in [0.2, 0.25) is 0 Å². The number of fused-ring (bicyclic) bond motifs is 1. The molecule has 2 rings (SSSR count). The van der Waals surface area contributed by atoms with Crippen LogP contribution in [0.3, 0.4) is 0 Å². The summed E-state index contributed by atoms with van der Waals surface area (Å²) in [4.78, 5) is 0. The Labute approximate surface area is 92.1 Å². The minimum Gasteiger partial charge on any atom is -0.469 e. The summed E-state index contributed by atoms with van der Waals surface area (Å²) in [5, 5.41) is 3.65. The molecule has 1 N–H and O–H groups in total.